The minimum absolute atomic E-state index is 0.0628. The van der Waals surface area contributed by atoms with Gasteiger partial charge in [-0.1, -0.05) is 92.6 Å². The molecule has 7 heteroatoms. The number of nitrogens with zero attached hydrogens (tertiary/aromatic N) is 1. The molecule has 1 N–H and O–H groups in total. The molecule has 2 aliphatic rings. The second-order valence-electron chi connectivity index (χ2n) is 7.83. The zero-order valence-corrected chi connectivity index (χ0v) is 18.8. The van der Waals surface area contributed by atoms with E-state index in [1.807, 2.05) is 0 Å². The number of halogens is 3. The molecule has 1 aliphatic carbocycles. The Morgan fingerprint density at radius 1 is 0.759 bits per heavy atom. The van der Waals surface area contributed by atoms with Crippen molar-refractivity contribution in [1.82, 2.24) is 5.32 Å². The topological polar surface area (TPSA) is 49.4 Å². The molecular weight excluding hydrogens is 431 g/mol. The van der Waals surface area contributed by atoms with Crippen molar-refractivity contribution in [3.05, 3.63) is 39.0 Å². The van der Waals surface area contributed by atoms with Crippen molar-refractivity contribution >= 4 is 52.3 Å². The van der Waals surface area contributed by atoms with Gasteiger partial charge in [-0.05, 0) is 31.0 Å². The predicted molar refractivity (Wildman–Crippen MR) is 120 cm³/mol. The van der Waals surface area contributed by atoms with Crippen LogP contribution in [0.15, 0.2) is 28.9 Å². The van der Waals surface area contributed by atoms with Gasteiger partial charge in [-0.15, -0.1) is 0 Å². The van der Waals surface area contributed by atoms with Crippen molar-refractivity contribution in [2.75, 3.05) is 4.90 Å². The van der Waals surface area contributed by atoms with E-state index in [2.05, 4.69) is 5.32 Å². The number of amides is 2. The molecular formula is C22H27Cl3N2O2. The highest BCUT2D eigenvalue weighted by Crippen LogP contribution is 2.33. The van der Waals surface area contributed by atoms with Crippen LogP contribution in [0.4, 0.5) is 5.69 Å². The monoisotopic (exact) mass is 456 g/mol. The van der Waals surface area contributed by atoms with E-state index in [1.54, 1.807) is 12.1 Å². The van der Waals surface area contributed by atoms with Crippen LogP contribution in [0.1, 0.15) is 70.6 Å². The van der Waals surface area contributed by atoms with Crippen LogP contribution in [0, 0.1) is 0 Å². The van der Waals surface area contributed by atoms with E-state index in [4.69, 9.17) is 34.8 Å². The first kappa shape index (κ1) is 22.5. The highest BCUT2D eigenvalue weighted by Gasteiger charge is 2.39. The minimum atomic E-state index is -0.536. The number of nitrogens with one attached hydrogen (secondary N) is 1. The number of benzene rings is 1. The lowest BCUT2D eigenvalue weighted by Gasteiger charge is -2.21. The SMILES string of the molecule is O=C1C(Cl)=C(NC2CCCCCCCCCCC2)C(=O)N1c1ccc(Cl)c(Cl)c1. The van der Waals surface area contributed by atoms with Gasteiger partial charge in [0.1, 0.15) is 10.7 Å². The summed E-state index contributed by atoms with van der Waals surface area (Å²) >= 11 is 18.3. The molecule has 1 aromatic carbocycles. The first-order valence-corrected chi connectivity index (χ1v) is 11.6. The Morgan fingerprint density at radius 3 is 1.86 bits per heavy atom. The molecule has 0 atom stereocenters. The van der Waals surface area contributed by atoms with E-state index in [0.717, 1.165) is 30.6 Å². The van der Waals surface area contributed by atoms with E-state index in [-0.39, 0.29) is 21.8 Å². The van der Waals surface area contributed by atoms with Crippen LogP contribution in [0.3, 0.4) is 0 Å². The molecule has 2 amide bonds. The molecule has 1 saturated carbocycles. The molecule has 3 rings (SSSR count). The fourth-order valence-electron chi connectivity index (χ4n) is 4.00. The summed E-state index contributed by atoms with van der Waals surface area (Å²) in [4.78, 5) is 26.7. The molecule has 0 unspecified atom stereocenters. The summed E-state index contributed by atoms with van der Waals surface area (Å²) in [5.74, 6) is -0.977. The molecule has 0 bridgehead atoms. The van der Waals surface area contributed by atoms with Crippen LogP contribution >= 0.6 is 34.8 Å². The van der Waals surface area contributed by atoms with Crippen molar-refractivity contribution in [3.63, 3.8) is 0 Å². The fourth-order valence-corrected chi connectivity index (χ4v) is 4.51. The third kappa shape index (κ3) is 5.68. The van der Waals surface area contributed by atoms with E-state index in [0.29, 0.717) is 10.7 Å². The van der Waals surface area contributed by atoms with E-state index in [1.165, 1.54) is 51.0 Å². The van der Waals surface area contributed by atoms with Gasteiger partial charge in [-0.3, -0.25) is 9.59 Å². The third-order valence-electron chi connectivity index (χ3n) is 5.64. The first-order chi connectivity index (χ1) is 14.0. The predicted octanol–water partition coefficient (Wildman–Crippen LogP) is 6.58. The van der Waals surface area contributed by atoms with Gasteiger partial charge in [0.15, 0.2) is 0 Å². The Hall–Kier alpha value is -1.23. The van der Waals surface area contributed by atoms with Gasteiger partial charge < -0.3 is 5.32 Å². The minimum Gasteiger partial charge on any atom is -0.376 e. The number of imide groups is 1. The fraction of sp³-hybridized carbons (Fsp3) is 0.545. The highest BCUT2D eigenvalue weighted by molar-refractivity contribution is 6.52. The first-order valence-electron chi connectivity index (χ1n) is 10.5. The molecule has 0 aromatic heterocycles. The maximum Gasteiger partial charge on any atom is 0.283 e. The molecule has 1 fully saturated rings. The standard InChI is InChI=1S/C22H27Cl3N2O2/c23-17-13-12-16(14-18(17)24)27-21(28)19(25)20(22(27)29)26-15-10-8-6-4-2-1-3-5-7-9-11-15/h12-15,26H,1-11H2. The van der Waals surface area contributed by atoms with Crippen molar-refractivity contribution in [3.8, 4) is 0 Å². The van der Waals surface area contributed by atoms with Gasteiger partial charge in [0.2, 0.25) is 0 Å². The Kier molecular flexibility index (Phi) is 8.28. The molecule has 0 spiro atoms. The normalized spacial score (nSPS) is 20.6. The van der Waals surface area contributed by atoms with Crippen LogP contribution < -0.4 is 10.2 Å². The van der Waals surface area contributed by atoms with Crippen LogP contribution in [0.25, 0.3) is 0 Å². The van der Waals surface area contributed by atoms with Crippen molar-refractivity contribution in [2.45, 2.75) is 76.7 Å². The Balaban J connectivity index is 1.71. The number of hydrogen-bond acceptors (Lipinski definition) is 3. The average molecular weight is 458 g/mol. The number of anilines is 1. The number of carbonyl (C=O) groups is 2. The summed E-state index contributed by atoms with van der Waals surface area (Å²) in [6.45, 7) is 0. The van der Waals surface area contributed by atoms with Crippen LogP contribution in [-0.2, 0) is 9.59 Å². The van der Waals surface area contributed by atoms with Gasteiger partial charge in [0.25, 0.3) is 11.8 Å². The zero-order chi connectivity index (χ0) is 20.8. The summed E-state index contributed by atoms with van der Waals surface area (Å²) in [6.07, 6.45) is 13.1. The summed E-state index contributed by atoms with van der Waals surface area (Å²) in [5, 5.41) is 3.88. The summed E-state index contributed by atoms with van der Waals surface area (Å²) < 4.78 is 0. The third-order valence-corrected chi connectivity index (χ3v) is 6.73. The lowest BCUT2D eigenvalue weighted by atomic mass is 9.98. The molecule has 0 radical (unpaired) electrons. The molecule has 29 heavy (non-hydrogen) atoms. The zero-order valence-electron chi connectivity index (χ0n) is 16.5. The average Bonchev–Trinajstić information content (AvgIpc) is 2.89. The van der Waals surface area contributed by atoms with Gasteiger partial charge in [-0.2, -0.15) is 0 Å². The Bertz CT molecular complexity index is 782. The number of rotatable bonds is 3. The lowest BCUT2D eigenvalue weighted by Crippen LogP contribution is -2.36. The number of carbonyl (C=O) groups excluding carboxylic acids is 2. The van der Waals surface area contributed by atoms with Crippen LogP contribution in [-0.4, -0.2) is 17.9 Å². The highest BCUT2D eigenvalue weighted by atomic mass is 35.5. The van der Waals surface area contributed by atoms with Crippen LogP contribution in [0.5, 0.6) is 0 Å². The molecule has 0 saturated heterocycles. The summed E-state index contributed by atoms with van der Waals surface area (Å²) in [7, 11) is 0. The molecule has 1 aliphatic heterocycles. The second-order valence-corrected chi connectivity index (χ2v) is 9.03. The van der Waals surface area contributed by atoms with Crippen molar-refractivity contribution in [2.24, 2.45) is 0 Å². The largest absolute Gasteiger partial charge is 0.376 e. The Labute approximate surface area is 187 Å². The van der Waals surface area contributed by atoms with E-state index in [9.17, 15) is 9.59 Å². The lowest BCUT2D eigenvalue weighted by molar-refractivity contribution is -0.120. The van der Waals surface area contributed by atoms with E-state index >= 15 is 0 Å². The molecule has 158 valence electrons. The maximum absolute atomic E-state index is 13.0. The number of hydrogen-bond donors (Lipinski definition) is 1. The molecule has 1 heterocycles. The second kappa shape index (κ2) is 10.7. The van der Waals surface area contributed by atoms with Gasteiger partial charge in [0, 0.05) is 6.04 Å². The molecule has 4 nitrogen and oxygen atoms in total. The molecule has 1 aromatic rings. The van der Waals surface area contributed by atoms with Crippen molar-refractivity contribution < 1.29 is 9.59 Å². The van der Waals surface area contributed by atoms with Crippen molar-refractivity contribution in [1.29, 1.82) is 0 Å². The quantitative estimate of drug-likeness (QED) is 0.521. The Morgan fingerprint density at radius 2 is 1.31 bits per heavy atom. The van der Waals surface area contributed by atoms with E-state index < -0.39 is 11.8 Å². The summed E-state index contributed by atoms with van der Waals surface area (Å²) in [5.41, 5.74) is 0.558. The van der Waals surface area contributed by atoms with Gasteiger partial charge in [-0.25, -0.2) is 4.90 Å². The maximum atomic E-state index is 13.0. The van der Waals surface area contributed by atoms with Gasteiger partial charge >= 0.3 is 0 Å². The smallest absolute Gasteiger partial charge is 0.283 e. The van der Waals surface area contributed by atoms with Crippen LogP contribution in [0.2, 0.25) is 10.0 Å². The summed E-state index contributed by atoms with van der Waals surface area (Å²) in [6, 6.07) is 4.80. The van der Waals surface area contributed by atoms with Gasteiger partial charge in [0.05, 0.1) is 15.7 Å².